The molecule has 0 bridgehead atoms. The van der Waals surface area contributed by atoms with Crippen LogP contribution in [-0.4, -0.2) is 41.5 Å². The molecule has 62 valence electrons. The number of nitrogens with zero attached hydrogens (tertiary/aromatic N) is 2. The molecule has 0 radical (unpaired) electrons. The lowest BCUT2D eigenvalue weighted by molar-refractivity contribution is 0.448. The Kier molecular flexibility index (Phi) is 2.05. The first-order chi connectivity index (χ1) is 5.40. The maximum Gasteiger partial charge on any atom is 0.159 e. The molecule has 1 saturated heterocycles. The molecule has 0 aliphatic carbocycles. The summed E-state index contributed by atoms with van der Waals surface area (Å²) in [6.07, 6.45) is 1.04. The molecule has 1 fully saturated rings. The molecule has 2 rings (SSSR count). The quantitative estimate of drug-likeness (QED) is 0.642. The first-order valence-electron chi connectivity index (χ1n) is 4.06. The minimum Gasteiger partial charge on any atom is -0.348 e. The Hall–Kier alpha value is -0.220. The normalized spacial score (nSPS) is 29.0. The molecule has 11 heavy (non-hydrogen) atoms. The second kappa shape index (κ2) is 3.03. The van der Waals surface area contributed by atoms with Gasteiger partial charge in [0, 0.05) is 18.8 Å². The van der Waals surface area contributed by atoms with Crippen LogP contribution in [0.1, 0.15) is 6.42 Å². The zero-order valence-corrected chi connectivity index (χ0v) is 7.31. The highest BCUT2D eigenvalue weighted by atomic mass is 32.2. The van der Waals surface area contributed by atoms with Crippen molar-refractivity contribution < 1.29 is 0 Å². The molecule has 0 aromatic carbocycles. The molecule has 0 amide bonds. The minimum absolute atomic E-state index is 0.489. The van der Waals surface area contributed by atoms with Gasteiger partial charge in [-0.25, -0.2) is 0 Å². The molecule has 1 unspecified atom stereocenters. The number of rotatable bonds is 2. The van der Waals surface area contributed by atoms with E-state index in [9.17, 15) is 0 Å². The second-order valence-corrected chi connectivity index (χ2v) is 4.00. The van der Waals surface area contributed by atoms with Crippen molar-refractivity contribution in [3.05, 3.63) is 0 Å². The van der Waals surface area contributed by atoms with Crippen LogP contribution in [-0.2, 0) is 0 Å². The fraction of sp³-hybridized carbons (Fsp3) is 0.857. The molecule has 1 atom stereocenters. The van der Waals surface area contributed by atoms with Gasteiger partial charge >= 0.3 is 0 Å². The summed E-state index contributed by atoms with van der Waals surface area (Å²) in [5.74, 6) is 1.22. The summed E-state index contributed by atoms with van der Waals surface area (Å²) in [6, 6.07) is 0.489. The Bertz CT molecular complexity index is 181. The number of hydrogen-bond donors (Lipinski definition) is 1. The van der Waals surface area contributed by atoms with E-state index in [1.54, 1.807) is 0 Å². The van der Waals surface area contributed by atoms with E-state index in [1.165, 1.54) is 17.5 Å². The predicted molar refractivity (Wildman–Crippen MR) is 48.9 cm³/mol. The third-order valence-electron chi connectivity index (χ3n) is 2.09. The van der Waals surface area contributed by atoms with Gasteiger partial charge in [-0.05, 0) is 13.0 Å². The van der Waals surface area contributed by atoms with E-state index in [-0.39, 0.29) is 0 Å². The van der Waals surface area contributed by atoms with Gasteiger partial charge in [0.25, 0.3) is 0 Å². The molecule has 0 aromatic rings. The van der Waals surface area contributed by atoms with Crippen molar-refractivity contribution in [3.8, 4) is 0 Å². The number of nitrogens with two attached hydrogens (primary N) is 1. The number of thioether (sulfide) groups is 1. The molecule has 2 heterocycles. The molecule has 2 aliphatic rings. The van der Waals surface area contributed by atoms with Crippen LogP contribution in [0.5, 0.6) is 0 Å². The molecule has 0 spiro atoms. The van der Waals surface area contributed by atoms with Crippen LogP contribution < -0.4 is 5.73 Å². The number of hydrogen-bond acceptors (Lipinski definition) is 4. The first kappa shape index (κ1) is 7.43. The molecule has 2 aliphatic heterocycles. The van der Waals surface area contributed by atoms with Crippen LogP contribution in [0, 0.1) is 0 Å². The molecule has 3 nitrogen and oxygen atoms in total. The largest absolute Gasteiger partial charge is 0.348 e. The Morgan fingerprint density at radius 3 is 3.36 bits per heavy atom. The van der Waals surface area contributed by atoms with E-state index in [4.69, 9.17) is 5.73 Å². The first-order valence-corrected chi connectivity index (χ1v) is 5.04. The van der Waals surface area contributed by atoms with Gasteiger partial charge in [0.05, 0.1) is 6.04 Å². The Morgan fingerprint density at radius 1 is 1.73 bits per heavy atom. The van der Waals surface area contributed by atoms with Crippen molar-refractivity contribution in [2.24, 2.45) is 10.7 Å². The van der Waals surface area contributed by atoms with Gasteiger partial charge in [0.1, 0.15) is 0 Å². The smallest absolute Gasteiger partial charge is 0.159 e. The van der Waals surface area contributed by atoms with Crippen molar-refractivity contribution in [3.63, 3.8) is 0 Å². The number of amidine groups is 1. The van der Waals surface area contributed by atoms with Crippen LogP contribution in [0.2, 0.25) is 0 Å². The summed E-state index contributed by atoms with van der Waals surface area (Å²) >= 11 is 1.88. The highest BCUT2D eigenvalue weighted by Crippen LogP contribution is 2.24. The highest BCUT2D eigenvalue weighted by Gasteiger charge is 2.28. The van der Waals surface area contributed by atoms with Crippen molar-refractivity contribution in [1.29, 1.82) is 0 Å². The fourth-order valence-electron chi connectivity index (χ4n) is 1.52. The van der Waals surface area contributed by atoms with Gasteiger partial charge < -0.3 is 10.6 Å². The van der Waals surface area contributed by atoms with Gasteiger partial charge in [-0.2, -0.15) is 0 Å². The van der Waals surface area contributed by atoms with Crippen LogP contribution in [0.4, 0.5) is 0 Å². The molecule has 0 aromatic heterocycles. The highest BCUT2D eigenvalue weighted by molar-refractivity contribution is 8.14. The lowest BCUT2D eigenvalue weighted by Gasteiger charge is -2.11. The molecule has 4 heteroatoms. The van der Waals surface area contributed by atoms with Crippen molar-refractivity contribution in [2.75, 3.05) is 25.4 Å². The average Bonchev–Trinajstić information content (AvgIpc) is 2.46. The number of fused-ring (bicyclic) bond motifs is 1. The summed E-state index contributed by atoms with van der Waals surface area (Å²) in [4.78, 5) is 6.93. The zero-order valence-electron chi connectivity index (χ0n) is 6.49. The second-order valence-electron chi connectivity index (χ2n) is 2.94. The van der Waals surface area contributed by atoms with Crippen LogP contribution in [0.25, 0.3) is 0 Å². The maximum absolute atomic E-state index is 5.46. The molecular formula is C7H13N3S. The van der Waals surface area contributed by atoms with Crippen molar-refractivity contribution >= 4 is 16.9 Å². The zero-order chi connectivity index (χ0) is 7.68. The summed E-state index contributed by atoms with van der Waals surface area (Å²) < 4.78 is 0. The van der Waals surface area contributed by atoms with Gasteiger partial charge in [0.15, 0.2) is 5.17 Å². The molecule has 0 saturated carbocycles. The van der Waals surface area contributed by atoms with Gasteiger partial charge in [-0.15, -0.1) is 0 Å². The monoisotopic (exact) mass is 171 g/mol. The average molecular weight is 171 g/mol. The van der Waals surface area contributed by atoms with Crippen LogP contribution in [0.15, 0.2) is 4.99 Å². The van der Waals surface area contributed by atoms with Gasteiger partial charge in [-0.1, -0.05) is 11.8 Å². The predicted octanol–water partition coefficient (Wildman–Crippen LogP) is 0.122. The Balaban J connectivity index is 1.96. The Labute approximate surface area is 71.0 Å². The Morgan fingerprint density at radius 2 is 2.64 bits per heavy atom. The van der Waals surface area contributed by atoms with Crippen molar-refractivity contribution in [1.82, 2.24) is 4.90 Å². The van der Waals surface area contributed by atoms with Crippen molar-refractivity contribution in [2.45, 2.75) is 12.5 Å². The molecular weight excluding hydrogens is 158 g/mol. The number of aliphatic imine (C=N–C) groups is 1. The fourth-order valence-corrected chi connectivity index (χ4v) is 2.59. The van der Waals surface area contributed by atoms with E-state index in [0.717, 1.165) is 19.5 Å². The molecule has 2 N–H and O–H groups in total. The summed E-state index contributed by atoms with van der Waals surface area (Å²) in [5, 5.41) is 1.25. The topological polar surface area (TPSA) is 41.6 Å². The lowest BCUT2D eigenvalue weighted by Crippen LogP contribution is -2.25. The summed E-state index contributed by atoms with van der Waals surface area (Å²) in [7, 11) is 0. The van der Waals surface area contributed by atoms with Crippen LogP contribution in [0.3, 0.4) is 0 Å². The van der Waals surface area contributed by atoms with Gasteiger partial charge in [-0.3, -0.25) is 4.99 Å². The van der Waals surface area contributed by atoms with Gasteiger partial charge in [0.2, 0.25) is 0 Å². The maximum atomic E-state index is 5.46. The standard InChI is InChI=1S/C7H13N3S/c8-2-1-6-5-10-3-4-11-7(10)9-6/h6H,1-5,8H2. The van der Waals surface area contributed by atoms with E-state index in [0.29, 0.717) is 6.04 Å². The summed E-state index contributed by atoms with van der Waals surface area (Å²) in [5.41, 5.74) is 5.46. The third kappa shape index (κ3) is 1.37. The SMILES string of the molecule is NCCC1CN2CCSC2=N1. The summed E-state index contributed by atoms with van der Waals surface area (Å²) in [6.45, 7) is 3.06. The minimum atomic E-state index is 0.489. The van der Waals surface area contributed by atoms with E-state index >= 15 is 0 Å². The van der Waals surface area contributed by atoms with E-state index < -0.39 is 0 Å². The lowest BCUT2D eigenvalue weighted by atomic mass is 10.2. The van der Waals surface area contributed by atoms with E-state index in [1.807, 2.05) is 11.8 Å². The van der Waals surface area contributed by atoms with Crippen LogP contribution >= 0.6 is 11.8 Å². The van der Waals surface area contributed by atoms with E-state index in [2.05, 4.69) is 9.89 Å². The third-order valence-corrected chi connectivity index (χ3v) is 3.10.